The quantitative estimate of drug-likeness (QED) is 0.809. The Morgan fingerprint density at radius 3 is 2.11 bits per heavy atom. The topological polar surface area (TPSA) is 35.5 Å². The van der Waals surface area contributed by atoms with Crippen LogP contribution in [0, 0.1) is 5.92 Å². The third kappa shape index (κ3) is 6.10. The van der Waals surface area contributed by atoms with Crippen molar-refractivity contribution < 1.29 is 18.3 Å². The van der Waals surface area contributed by atoms with E-state index in [-0.39, 0.29) is 18.9 Å². The summed E-state index contributed by atoms with van der Waals surface area (Å²) in [5.41, 5.74) is -0.857. The average Bonchev–Trinajstić information content (AvgIpc) is 2.24. The summed E-state index contributed by atoms with van der Waals surface area (Å²) in [6.45, 7) is 2.67. The molecule has 0 aromatic carbocycles. The van der Waals surface area contributed by atoms with Gasteiger partial charge in [0.1, 0.15) is 0 Å². The van der Waals surface area contributed by atoms with Crippen molar-refractivity contribution in [2.75, 3.05) is 27.2 Å². The summed E-state index contributed by atoms with van der Waals surface area (Å²) < 4.78 is 37.6. The van der Waals surface area contributed by atoms with Crippen molar-refractivity contribution in [1.82, 2.24) is 10.2 Å². The lowest BCUT2D eigenvalue weighted by Gasteiger charge is -2.33. The van der Waals surface area contributed by atoms with Gasteiger partial charge in [-0.2, -0.15) is 13.2 Å². The Morgan fingerprint density at radius 1 is 1.16 bits per heavy atom. The fraction of sp³-hybridized carbons (Fsp3) is 1.00. The lowest BCUT2D eigenvalue weighted by molar-refractivity contribution is -0.182. The molecule has 19 heavy (non-hydrogen) atoms. The Hall–Kier alpha value is -0.330. The lowest BCUT2D eigenvalue weighted by Crippen LogP contribution is -2.49. The van der Waals surface area contributed by atoms with Crippen LogP contribution in [-0.2, 0) is 0 Å². The van der Waals surface area contributed by atoms with Gasteiger partial charge in [-0.25, -0.2) is 0 Å². The van der Waals surface area contributed by atoms with Crippen molar-refractivity contribution >= 4 is 0 Å². The first-order valence-electron chi connectivity index (χ1n) is 6.77. The monoisotopic (exact) mass is 282 g/mol. The van der Waals surface area contributed by atoms with Gasteiger partial charge >= 0.3 is 6.18 Å². The van der Waals surface area contributed by atoms with Gasteiger partial charge in [0.15, 0.2) is 0 Å². The van der Waals surface area contributed by atoms with E-state index in [4.69, 9.17) is 0 Å². The highest BCUT2D eigenvalue weighted by Gasteiger charge is 2.41. The van der Waals surface area contributed by atoms with Gasteiger partial charge in [0.25, 0.3) is 0 Å². The van der Waals surface area contributed by atoms with E-state index in [1.54, 1.807) is 6.92 Å². The molecule has 0 aliphatic heterocycles. The molecule has 3 nitrogen and oxygen atoms in total. The number of likely N-dealkylation sites (N-methyl/N-ethyl adjacent to an activating group) is 1. The first-order valence-corrected chi connectivity index (χ1v) is 6.77. The molecule has 1 aliphatic carbocycles. The SMILES string of the molecule is CN(C)CC(C)(O)CNC1CCC(C(F)(F)F)CC1. The van der Waals surface area contributed by atoms with Crippen LogP contribution in [0.4, 0.5) is 13.2 Å². The Morgan fingerprint density at radius 2 is 1.68 bits per heavy atom. The van der Waals surface area contributed by atoms with Crippen molar-refractivity contribution in [3.63, 3.8) is 0 Å². The summed E-state index contributed by atoms with van der Waals surface area (Å²) in [4.78, 5) is 1.89. The zero-order chi connectivity index (χ0) is 14.7. The molecular formula is C13H25F3N2O. The van der Waals surface area contributed by atoms with Crippen molar-refractivity contribution in [1.29, 1.82) is 0 Å². The summed E-state index contributed by atoms with van der Waals surface area (Å²) in [6, 6.07) is 0.0900. The van der Waals surface area contributed by atoms with Crippen LogP contribution in [0.1, 0.15) is 32.6 Å². The highest BCUT2D eigenvalue weighted by atomic mass is 19.4. The predicted octanol–water partition coefficient (Wildman–Crippen LogP) is 2.01. The predicted molar refractivity (Wildman–Crippen MR) is 69.0 cm³/mol. The first-order chi connectivity index (χ1) is 8.60. The molecule has 0 aromatic rings. The molecule has 0 aromatic heterocycles. The van der Waals surface area contributed by atoms with Crippen LogP contribution in [0.3, 0.4) is 0 Å². The van der Waals surface area contributed by atoms with E-state index < -0.39 is 17.7 Å². The van der Waals surface area contributed by atoms with Crippen molar-refractivity contribution in [3.8, 4) is 0 Å². The van der Waals surface area contributed by atoms with Crippen LogP contribution in [0.25, 0.3) is 0 Å². The maximum absolute atomic E-state index is 12.5. The lowest BCUT2D eigenvalue weighted by atomic mass is 9.85. The molecule has 1 aliphatic rings. The fourth-order valence-electron chi connectivity index (χ4n) is 2.73. The standard InChI is InChI=1S/C13H25F3N2O/c1-12(19,9-18(2)3)8-17-11-6-4-10(5-7-11)13(14,15)16/h10-11,17,19H,4-9H2,1-3H3. The number of nitrogens with zero attached hydrogens (tertiary/aromatic N) is 1. The Kier molecular flexibility index (Phi) is 5.65. The van der Waals surface area contributed by atoms with Crippen LogP contribution >= 0.6 is 0 Å². The number of hydrogen-bond donors (Lipinski definition) is 2. The molecular weight excluding hydrogens is 257 g/mol. The van der Waals surface area contributed by atoms with E-state index in [9.17, 15) is 18.3 Å². The minimum absolute atomic E-state index is 0.0900. The Bertz CT molecular complexity index is 272. The van der Waals surface area contributed by atoms with Crippen molar-refractivity contribution in [3.05, 3.63) is 0 Å². The molecule has 1 atom stereocenters. The second kappa shape index (κ2) is 6.41. The van der Waals surface area contributed by atoms with E-state index in [1.807, 2.05) is 19.0 Å². The van der Waals surface area contributed by atoms with Gasteiger partial charge in [0, 0.05) is 19.1 Å². The third-order valence-corrected chi connectivity index (χ3v) is 3.62. The summed E-state index contributed by atoms with van der Waals surface area (Å²) in [6.07, 6.45) is -2.61. The molecule has 0 radical (unpaired) electrons. The minimum atomic E-state index is -4.05. The van der Waals surface area contributed by atoms with Gasteiger partial charge in [-0.3, -0.25) is 0 Å². The van der Waals surface area contributed by atoms with Crippen LogP contribution in [0.5, 0.6) is 0 Å². The Labute approximate surface area is 113 Å². The smallest absolute Gasteiger partial charge is 0.388 e. The maximum atomic E-state index is 12.5. The molecule has 0 spiro atoms. The molecule has 2 N–H and O–H groups in total. The van der Waals surface area contributed by atoms with E-state index in [2.05, 4.69) is 5.32 Å². The largest absolute Gasteiger partial charge is 0.391 e. The molecule has 0 saturated heterocycles. The first kappa shape index (κ1) is 16.7. The van der Waals surface area contributed by atoms with Crippen LogP contribution in [0.2, 0.25) is 0 Å². The summed E-state index contributed by atoms with van der Waals surface area (Å²) in [5, 5.41) is 13.3. The minimum Gasteiger partial charge on any atom is -0.388 e. The molecule has 6 heteroatoms. The molecule has 0 amide bonds. The molecule has 1 fully saturated rings. The van der Waals surface area contributed by atoms with Gasteiger partial charge in [-0.05, 0) is 46.7 Å². The molecule has 1 saturated carbocycles. The van der Waals surface area contributed by atoms with Gasteiger partial charge in [-0.15, -0.1) is 0 Å². The summed E-state index contributed by atoms with van der Waals surface area (Å²) in [7, 11) is 3.76. The zero-order valence-electron chi connectivity index (χ0n) is 11.9. The number of halogens is 3. The number of rotatable bonds is 5. The van der Waals surface area contributed by atoms with Gasteiger partial charge in [0.05, 0.1) is 11.5 Å². The second-order valence-electron chi connectivity index (χ2n) is 6.21. The van der Waals surface area contributed by atoms with Gasteiger partial charge in [0.2, 0.25) is 0 Å². The highest BCUT2D eigenvalue weighted by Crippen LogP contribution is 2.37. The number of hydrogen-bond acceptors (Lipinski definition) is 3. The van der Waals surface area contributed by atoms with E-state index in [0.717, 1.165) is 0 Å². The maximum Gasteiger partial charge on any atom is 0.391 e. The van der Waals surface area contributed by atoms with Crippen LogP contribution in [0.15, 0.2) is 0 Å². The second-order valence-corrected chi connectivity index (χ2v) is 6.21. The molecule has 1 rings (SSSR count). The summed E-state index contributed by atoms with van der Waals surface area (Å²) in [5.74, 6) is -1.15. The van der Waals surface area contributed by atoms with Gasteiger partial charge in [-0.1, -0.05) is 0 Å². The number of alkyl halides is 3. The van der Waals surface area contributed by atoms with Crippen LogP contribution in [-0.4, -0.2) is 55.0 Å². The fourth-order valence-corrected chi connectivity index (χ4v) is 2.73. The van der Waals surface area contributed by atoms with Crippen molar-refractivity contribution in [2.24, 2.45) is 5.92 Å². The zero-order valence-corrected chi connectivity index (χ0v) is 11.9. The molecule has 0 bridgehead atoms. The van der Waals surface area contributed by atoms with Crippen molar-refractivity contribution in [2.45, 2.75) is 50.4 Å². The number of aliphatic hydroxyl groups is 1. The molecule has 0 heterocycles. The van der Waals surface area contributed by atoms with E-state index in [0.29, 0.717) is 25.9 Å². The van der Waals surface area contributed by atoms with Crippen LogP contribution < -0.4 is 5.32 Å². The third-order valence-electron chi connectivity index (χ3n) is 3.62. The van der Waals surface area contributed by atoms with Gasteiger partial charge < -0.3 is 15.3 Å². The Balaban J connectivity index is 2.30. The van der Waals surface area contributed by atoms with E-state index in [1.165, 1.54) is 0 Å². The normalized spacial score (nSPS) is 28.4. The molecule has 1 unspecified atom stereocenters. The highest BCUT2D eigenvalue weighted by molar-refractivity contribution is 4.84. The number of nitrogens with one attached hydrogen (secondary N) is 1. The average molecular weight is 282 g/mol. The van der Waals surface area contributed by atoms with E-state index >= 15 is 0 Å². The molecule has 114 valence electrons. The summed E-state index contributed by atoms with van der Waals surface area (Å²) >= 11 is 0.